The number of fused-ring (bicyclic) bond motifs is 1. The van der Waals surface area contributed by atoms with E-state index in [2.05, 4.69) is 4.99 Å². The van der Waals surface area contributed by atoms with Crippen LogP contribution in [0.25, 0.3) is 6.08 Å². The van der Waals surface area contributed by atoms with Crippen LogP contribution in [0, 0.1) is 5.82 Å². The minimum absolute atomic E-state index is 0.173. The van der Waals surface area contributed by atoms with E-state index in [4.69, 9.17) is 14.2 Å². The van der Waals surface area contributed by atoms with Gasteiger partial charge in [0.15, 0.2) is 4.80 Å². The lowest BCUT2D eigenvalue weighted by Gasteiger charge is -2.26. The second-order valence-corrected chi connectivity index (χ2v) is 10.5. The van der Waals surface area contributed by atoms with Gasteiger partial charge in [0.25, 0.3) is 5.56 Å². The number of aromatic nitrogens is 1. The molecule has 2 aromatic carbocycles. The highest BCUT2D eigenvalue weighted by atomic mass is 32.1. The lowest BCUT2D eigenvalue weighted by molar-refractivity contribution is -0.139. The van der Waals surface area contributed by atoms with Crippen LogP contribution in [0.5, 0.6) is 11.5 Å². The van der Waals surface area contributed by atoms with E-state index in [0.717, 1.165) is 17.1 Å². The number of ether oxygens (including phenoxy) is 3. The Kier molecular flexibility index (Phi) is 9.47. The van der Waals surface area contributed by atoms with E-state index in [0.29, 0.717) is 32.1 Å². The lowest BCUT2D eigenvalue weighted by Crippen LogP contribution is -2.40. The highest BCUT2D eigenvalue weighted by Gasteiger charge is 2.35. The number of thiazole rings is 1. The van der Waals surface area contributed by atoms with E-state index >= 15 is 0 Å². The van der Waals surface area contributed by atoms with Gasteiger partial charge < -0.3 is 19.1 Å². The summed E-state index contributed by atoms with van der Waals surface area (Å²) < 4.78 is 32.0. The predicted molar refractivity (Wildman–Crippen MR) is 163 cm³/mol. The van der Waals surface area contributed by atoms with Gasteiger partial charge in [0.05, 0.1) is 36.6 Å². The quantitative estimate of drug-likeness (QED) is 0.317. The third kappa shape index (κ3) is 5.94. The van der Waals surface area contributed by atoms with Gasteiger partial charge in [0, 0.05) is 28.7 Å². The fraction of sp³-hybridized carbons (Fsp3) is 0.281. The van der Waals surface area contributed by atoms with Crippen LogP contribution in [0.4, 0.5) is 10.1 Å². The van der Waals surface area contributed by atoms with Crippen molar-refractivity contribution < 1.29 is 23.4 Å². The maximum absolute atomic E-state index is 14.0. The van der Waals surface area contributed by atoms with Crippen LogP contribution in [0.2, 0.25) is 0 Å². The number of esters is 1. The average Bonchev–Trinajstić information content (AvgIpc) is 3.30. The van der Waals surface area contributed by atoms with Crippen molar-refractivity contribution in [1.29, 1.82) is 0 Å². The molecule has 4 rings (SSSR count). The standard InChI is InChI=1S/C32H34FN3O5S/c1-8-19(3)35(23-13-11-22(33)12-14-23)20(4)10-17-27-30(37)36-29(25-16-15-24(39-6)18-26(25)40-7)28(31(38)41-9-2)21(5)34-32(36)42-27/h8,10-18,29H,9H2,1-7H3/b19-8+,20-10+,27-17-/t29-/m1/s1. The first-order chi connectivity index (χ1) is 20.1. The topological polar surface area (TPSA) is 82.4 Å². The first-order valence-corrected chi connectivity index (χ1v) is 14.2. The number of nitrogens with zero attached hydrogens (tertiary/aromatic N) is 3. The Morgan fingerprint density at radius 3 is 2.45 bits per heavy atom. The Balaban J connectivity index is 1.90. The van der Waals surface area contributed by atoms with Gasteiger partial charge in [-0.25, -0.2) is 14.2 Å². The zero-order chi connectivity index (χ0) is 30.6. The third-order valence-electron chi connectivity index (χ3n) is 6.94. The number of hydrogen-bond donors (Lipinski definition) is 0. The van der Waals surface area contributed by atoms with Crippen molar-refractivity contribution in [2.45, 2.75) is 40.7 Å². The minimum atomic E-state index is -0.825. The summed E-state index contributed by atoms with van der Waals surface area (Å²) in [4.78, 5) is 34.2. The van der Waals surface area contributed by atoms with E-state index in [1.165, 1.54) is 35.1 Å². The van der Waals surface area contributed by atoms with Gasteiger partial charge in [-0.05, 0) is 83.2 Å². The van der Waals surface area contributed by atoms with Gasteiger partial charge in [-0.1, -0.05) is 17.4 Å². The van der Waals surface area contributed by atoms with Gasteiger partial charge in [0.2, 0.25) is 0 Å². The first-order valence-electron chi connectivity index (χ1n) is 13.4. The van der Waals surface area contributed by atoms with Crippen molar-refractivity contribution in [3.63, 3.8) is 0 Å². The Hall–Kier alpha value is -4.44. The smallest absolute Gasteiger partial charge is 0.338 e. The summed E-state index contributed by atoms with van der Waals surface area (Å²) >= 11 is 1.23. The number of carbonyl (C=O) groups excluding carboxylic acids is 1. The molecule has 3 aromatic rings. The lowest BCUT2D eigenvalue weighted by atomic mass is 9.95. The molecule has 1 aliphatic heterocycles. The van der Waals surface area contributed by atoms with Crippen molar-refractivity contribution in [1.82, 2.24) is 4.57 Å². The molecule has 1 aromatic heterocycles. The molecule has 0 spiro atoms. The second kappa shape index (κ2) is 13.0. The monoisotopic (exact) mass is 591 g/mol. The minimum Gasteiger partial charge on any atom is -0.497 e. The molecule has 1 atom stereocenters. The van der Waals surface area contributed by atoms with Gasteiger partial charge >= 0.3 is 5.97 Å². The molecule has 0 saturated carbocycles. The molecule has 220 valence electrons. The van der Waals surface area contributed by atoms with Crippen LogP contribution >= 0.6 is 11.3 Å². The second-order valence-electron chi connectivity index (χ2n) is 9.48. The summed E-state index contributed by atoms with van der Waals surface area (Å²) in [7, 11) is 3.08. The van der Waals surface area contributed by atoms with Crippen LogP contribution in [0.3, 0.4) is 0 Å². The molecule has 0 saturated heterocycles. The summed E-state index contributed by atoms with van der Waals surface area (Å²) in [5, 5.41) is 0. The summed E-state index contributed by atoms with van der Waals surface area (Å²) in [5.41, 5.74) is 3.56. The van der Waals surface area contributed by atoms with E-state index in [9.17, 15) is 14.0 Å². The molecule has 0 N–H and O–H groups in total. The van der Waals surface area contributed by atoms with E-state index in [-0.39, 0.29) is 23.6 Å². The normalized spacial score (nSPS) is 15.7. The molecule has 0 unspecified atom stereocenters. The maximum atomic E-state index is 14.0. The average molecular weight is 592 g/mol. The fourth-order valence-corrected chi connectivity index (χ4v) is 5.81. The van der Waals surface area contributed by atoms with Crippen LogP contribution in [-0.4, -0.2) is 31.4 Å². The largest absolute Gasteiger partial charge is 0.497 e. The molecular formula is C32H34FN3O5S. The summed E-state index contributed by atoms with van der Waals surface area (Å²) in [6.07, 6.45) is 5.53. The molecule has 8 nitrogen and oxygen atoms in total. The number of benzene rings is 2. The molecule has 0 aliphatic carbocycles. The zero-order valence-electron chi connectivity index (χ0n) is 24.7. The molecule has 0 bridgehead atoms. The molecule has 1 aliphatic rings. The van der Waals surface area contributed by atoms with E-state index in [1.807, 2.05) is 37.8 Å². The SMILES string of the molecule is C/C=C(\C)N(/C(C)=C/C=c1\sc2n(c1=O)[C@H](c1ccc(OC)cc1OC)C(C(=O)OCC)=C(C)N=2)c1ccc(F)cc1. The number of carbonyl (C=O) groups is 1. The highest BCUT2D eigenvalue weighted by molar-refractivity contribution is 7.07. The van der Waals surface area contributed by atoms with Crippen molar-refractivity contribution >= 4 is 29.1 Å². The molecule has 0 fully saturated rings. The maximum Gasteiger partial charge on any atom is 0.338 e. The van der Waals surface area contributed by atoms with Gasteiger partial charge in [-0.2, -0.15) is 0 Å². The number of hydrogen-bond acceptors (Lipinski definition) is 8. The Morgan fingerprint density at radius 2 is 1.83 bits per heavy atom. The van der Waals surface area contributed by atoms with Crippen LogP contribution in [-0.2, 0) is 9.53 Å². The van der Waals surface area contributed by atoms with E-state index < -0.39 is 12.0 Å². The number of rotatable bonds is 9. The van der Waals surface area contributed by atoms with E-state index in [1.54, 1.807) is 57.4 Å². The number of anilines is 1. The Labute approximate surface area is 248 Å². The molecule has 0 radical (unpaired) electrons. The molecule has 10 heteroatoms. The molecule has 2 heterocycles. The number of methoxy groups -OCH3 is 2. The van der Waals surface area contributed by atoms with Gasteiger partial charge in [-0.3, -0.25) is 9.36 Å². The van der Waals surface area contributed by atoms with Crippen molar-refractivity contribution in [3.05, 3.63) is 108 Å². The van der Waals surface area contributed by atoms with Crippen molar-refractivity contribution in [2.75, 3.05) is 25.7 Å². The summed E-state index contributed by atoms with van der Waals surface area (Å²) in [6, 6.07) is 10.7. The highest BCUT2D eigenvalue weighted by Crippen LogP contribution is 2.37. The molecule has 0 amide bonds. The Morgan fingerprint density at radius 1 is 1.12 bits per heavy atom. The molecular weight excluding hydrogens is 557 g/mol. The van der Waals surface area contributed by atoms with Crippen LogP contribution in [0.15, 0.2) is 87.1 Å². The summed E-state index contributed by atoms with van der Waals surface area (Å²) in [6.45, 7) is 9.43. The van der Waals surface area contributed by atoms with Gasteiger partial charge in [-0.15, -0.1) is 0 Å². The first kappa shape index (κ1) is 30.5. The van der Waals surface area contributed by atoms with Gasteiger partial charge in [0.1, 0.15) is 23.4 Å². The number of allylic oxidation sites excluding steroid dienone is 5. The Bertz CT molecular complexity index is 1770. The van der Waals surface area contributed by atoms with Crippen LogP contribution < -0.4 is 29.3 Å². The molecule has 42 heavy (non-hydrogen) atoms. The van der Waals surface area contributed by atoms with Crippen molar-refractivity contribution in [2.24, 2.45) is 4.99 Å². The third-order valence-corrected chi connectivity index (χ3v) is 7.94. The van der Waals surface area contributed by atoms with Crippen molar-refractivity contribution in [3.8, 4) is 11.5 Å². The zero-order valence-corrected chi connectivity index (χ0v) is 25.5. The number of halogens is 1. The fourth-order valence-electron chi connectivity index (χ4n) is 4.82. The predicted octanol–water partition coefficient (Wildman–Crippen LogP) is 5.24. The van der Waals surface area contributed by atoms with Crippen LogP contribution in [0.1, 0.15) is 46.2 Å². The summed E-state index contributed by atoms with van der Waals surface area (Å²) in [5.74, 6) is 0.158.